The number of hydrogen-bond donors (Lipinski definition) is 2. The SMILES string of the molecule is O=c1[nH]ccnc1N1CCCC(NCc2cnc(C3CC3)s2)C1. The molecule has 6 nitrogen and oxygen atoms in total. The van der Waals surface area contributed by atoms with Gasteiger partial charge in [0.1, 0.15) is 0 Å². The van der Waals surface area contributed by atoms with Gasteiger partial charge in [0.2, 0.25) is 0 Å². The Kier molecular flexibility index (Phi) is 4.13. The van der Waals surface area contributed by atoms with Gasteiger partial charge in [-0.25, -0.2) is 9.97 Å². The molecular formula is C16H21N5OS. The second-order valence-electron chi connectivity index (χ2n) is 6.35. The number of nitrogens with one attached hydrogen (secondary N) is 2. The lowest BCUT2D eigenvalue weighted by Gasteiger charge is -2.33. The van der Waals surface area contributed by atoms with Crippen molar-refractivity contribution in [1.82, 2.24) is 20.3 Å². The van der Waals surface area contributed by atoms with Crippen molar-refractivity contribution in [2.45, 2.75) is 44.2 Å². The molecule has 2 fully saturated rings. The first-order valence-corrected chi connectivity index (χ1v) is 9.08. The lowest BCUT2D eigenvalue weighted by Crippen LogP contribution is -2.47. The van der Waals surface area contributed by atoms with Crippen LogP contribution in [0.1, 0.15) is 41.5 Å². The van der Waals surface area contributed by atoms with E-state index in [-0.39, 0.29) is 5.56 Å². The van der Waals surface area contributed by atoms with Crippen LogP contribution in [0.4, 0.5) is 5.82 Å². The number of H-pyrrole nitrogens is 1. The van der Waals surface area contributed by atoms with Gasteiger partial charge in [0.25, 0.3) is 5.56 Å². The molecule has 122 valence electrons. The van der Waals surface area contributed by atoms with Gasteiger partial charge in [-0.05, 0) is 25.7 Å². The number of thiazole rings is 1. The van der Waals surface area contributed by atoms with Crippen molar-refractivity contribution in [1.29, 1.82) is 0 Å². The zero-order valence-electron chi connectivity index (χ0n) is 13.0. The zero-order chi connectivity index (χ0) is 15.6. The van der Waals surface area contributed by atoms with E-state index in [2.05, 4.69) is 25.2 Å². The molecule has 1 saturated carbocycles. The number of piperidine rings is 1. The van der Waals surface area contributed by atoms with Crippen LogP contribution in [-0.4, -0.2) is 34.1 Å². The minimum atomic E-state index is -0.107. The van der Waals surface area contributed by atoms with Gasteiger partial charge in [-0.1, -0.05) is 0 Å². The van der Waals surface area contributed by atoms with Crippen LogP contribution < -0.4 is 15.8 Å². The molecule has 0 aromatic carbocycles. The summed E-state index contributed by atoms with van der Waals surface area (Å²) in [7, 11) is 0. The molecule has 2 aromatic rings. The third kappa shape index (κ3) is 3.45. The van der Waals surface area contributed by atoms with Gasteiger partial charge in [-0.15, -0.1) is 11.3 Å². The van der Waals surface area contributed by atoms with Gasteiger partial charge < -0.3 is 15.2 Å². The largest absolute Gasteiger partial charge is 0.350 e. The maximum absolute atomic E-state index is 11.9. The van der Waals surface area contributed by atoms with Crippen LogP contribution in [0.25, 0.3) is 0 Å². The molecule has 0 amide bonds. The first-order valence-electron chi connectivity index (χ1n) is 8.26. The van der Waals surface area contributed by atoms with Crippen molar-refractivity contribution in [2.24, 2.45) is 0 Å². The highest BCUT2D eigenvalue weighted by Gasteiger charge is 2.27. The zero-order valence-corrected chi connectivity index (χ0v) is 13.8. The summed E-state index contributed by atoms with van der Waals surface area (Å²) < 4.78 is 0. The van der Waals surface area contributed by atoms with Crippen molar-refractivity contribution in [2.75, 3.05) is 18.0 Å². The average Bonchev–Trinajstić information content (AvgIpc) is 3.32. The Hall–Kier alpha value is -1.73. The van der Waals surface area contributed by atoms with Crippen molar-refractivity contribution in [3.8, 4) is 0 Å². The Morgan fingerprint density at radius 1 is 1.35 bits per heavy atom. The summed E-state index contributed by atoms with van der Waals surface area (Å²) in [6.45, 7) is 2.58. The summed E-state index contributed by atoms with van der Waals surface area (Å²) in [5.41, 5.74) is -0.107. The fourth-order valence-electron chi connectivity index (χ4n) is 3.07. The first kappa shape index (κ1) is 14.8. The Morgan fingerprint density at radius 2 is 2.26 bits per heavy atom. The molecule has 0 spiro atoms. The Bertz CT molecular complexity index is 723. The van der Waals surface area contributed by atoms with Gasteiger partial charge in [-0.3, -0.25) is 4.79 Å². The van der Waals surface area contributed by atoms with Crippen LogP contribution in [0.5, 0.6) is 0 Å². The second-order valence-corrected chi connectivity index (χ2v) is 7.49. The monoisotopic (exact) mass is 331 g/mol. The minimum Gasteiger partial charge on any atom is -0.350 e. The topological polar surface area (TPSA) is 73.9 Å². The summed E-state index contributed by atoms with van der Waals surface area (Å²) in [5, 5.41) is 4.92. The van der Waals surface area contributed by atoms with Crippen LogP contribution >= 0.6 is 11.3 Å². The van der Waals surface area contributed by atoms with Crippen LogP contribution in [0.3, 0.4) is 0 Å². The lowest BCUT2D eigenvalue weighted by atomic mass is 10.1. The fourth-order valence-corrected chi connectivity index (χ4v) is 4.11. The number of hydrogen-bond acceptors (Lipinski definition) is 6. The van der Waals surface area contributed by atoms with Gasteiger partial charge in [0.15, 0.2) is 5.82 Å². The molecule has 23 heavy (non-hydrogen) atoms. The van der Waals surface area contributed by atoms with E-state index in [4.69, 9.17) is 0 Å². The lowest BCUT2D eigenvalue weighted by molar-refractivity contribution is 0.420. The molecule has 2 aliphatic rings. The third-order valence-electron chi connectivity index (χ3n) is 4.47. The first-order chi connectivity index (χ1) is 11.3. The number of aromatic nitrogens is 3. The Balaban J connectivity index is 1.35. The summed E-state index contributed by atoms with van der Waals surface area (Å²) in [4.78, 5) is 26.7. The third-order valence-corrected chi connectivity index (χ3v) is 5.63. The average molecular weight is 331 g/mol. The molecule has 2 aromatic heterocycles. The van der Waals surface area contributed by atoms with E-state index in [9.17, 15) is 4.79 Å². The second kappa shape index (κ2) is 6.41. The number of nitrogens with zero attached hydrogens (tertiary/aromatic N) is 3. The summed E-state index contributed by atoms with van der Waals surface area (Å²) in [6.07, 6.45) is 10.0. The van der Waals surface area contributed by atoms with Crippen molar-refractivity contribution < 1.29 is 0 Å². The number of rotatable bonds is 5. The standard InChI is InChI=1S/C16H21N5OS/c22-15-14(17-5-6-18-15)21-7-1-2-12(10-21)19-8-13-9-20-16(23-13)11-3-4-11/h5-6,9,11-12,19H,1-4,7-8,10H2,(H,18,22). The predicted octanol–water partition coefficient (Wildman–Crippen LogP) is 1.86. The van der Waals surface area contributed by atoms with Gasteiger partial charge in [0, 0.05) is 55.1 Å². The van der Waals surface area contributed by atoms with E-state index < -0.39 is 0 Å². The van der Waals surface area contributed by atoms with Gasteiger partial charge in [-0.2, -0.15) is 0 Å². The van der Waals surface area contributed by atoms with Crippen LogP contribution in [-0.2, 0) is 6.54 Å². The molecule has 7 heteroatoms. The van der Waals surface area contributed by atoms with Crippen LogP contribution in [0.15, 0.2) is 23.4 Å². The molecule has 0 radical (unpaired) electrons. The summed E-state index contributed by atoms with van der Waals surface area (Å²) in [6, 6.07) is 0.386. The van der Waals surface area contributed by atoms with Crippen LogP contribution in [0.2, 0.25) is 0 Å². The summed E-state index contributed by atoms with van der Waals surface area (Å²) >= 11 is 1.84. The number of anilines is 1. The molecule has 1 aliphatic heterocycles. The van der Waals surface area contributed by atoms with E-state index in [0.717, 1.165) is 38.4 Å². The molecule has 1 aliphatic carbocycles. The van der Waals surface area contributed by atoms with E-state index in [1.165, 1.54) is 22.7 Å². The maximum atomic E-state index is 11.9. The van der Waals surface area contributed by atoms with Crippen molar-refractivity contribution in [3.05, 3.63) is 38.8 Å². The summed E-state index contributed by atoms with van der Waals surface area (Å²) in [5.74, 6) is 1.27. The van der Waals surface area contributed by atoms with E-state index in [0.29, 0.717) is 11.9 Å². The molecule has 0 bridgehead atoms. The Morgan fingerprint density at radius 3 is 3.09 bits per heavy atom. The predicted molar refractivity (Wildman–Crippen MR) is 91.0 cm³/mol. The molecular weight excluding hydrogens is 310 g/mol. The quantitative estimate of drug-likeness (QED) is 0.875. The highest BCUT2D eigenvalue weighted by atomic mass is 32.1. The molecule has 1 saturated heterocycles. The highest BCUT2D eigenvalue weighted by Crippen LogP contribution is 2.41. The van der Waals surface area contributed by atoms with Gasteiger partial charge >= 0.3 is 0 Å². The van der Waals surface area contributed by atoms with E-state index in [1.54, 1.807) is 12.4 Å². The van der Waals surface area contributed by atoms with Crippen LogP contribution in [0, 0.1) is 0 Å². The highest BCUT2D eigenvalue weighted by molar-refractivity contribution is 7.11. The fraction of sp³-hybridized carbons (Fsp3) is 0.562. The van der Waals surface area contributed by atoms with E-state index in [1.807, 2.05) is 17.5 Å². The molecule has 1 atom stereocenters. The molecule has 3 heterocycles. The minimum absolute atomic E-state index is 0.107. The van der Waals surface area contributed by atoms with Crippen molar-refractivity contribution >= 4 is 17.2 Å². The number of aromatic amines is 1. The molecule has 2 N–H and O–H groups in total. The van der Waals surface area contributed by atoms with Crippen molar-refractivity contribution in [3.63, 3.8) is 0 Å². The maximum Gasteiger partial charge on any atom is 0.290 e. The van der Waals surface area contributed by atoms with Gasteiger partial charge in [0.05, 0.1) is 5.01 Å². The Labute approximate surface area is 139 Å². The van der Waals surface area contributed by atoms with E-state index >= 15 is 0 Å². The molecule has 4 rings (SSSR count). The smallest absolute Gasteiger partial charge is 0.290 e. The molecule has 1 unspecified atom stereocenters. The normalized spacial score (nSPS) is 21.6.